The summed E-state index contributed by atoms with van der Waals surface area (Å²) in [6, 6.07) is 9.02. The molecule has 2 aromatic rings. The molecule has 0 fully saturated rings. The predicted octanol–water partition coefficient (Wildman–Crippen LogP) is 4.02. The van der Waals surface area contributed by atoms with Crippen LogP contribution in [0.4, 0.5) is 13.2 Å². The van der Waals surface area contributed by atoms with Gasteiger partial charge in [-0.15, -0.1) is 0 Å². The number of aliphatic imine (C=N–C) groups is 2. The molecule has 28 heavy (non-hydrogen) atoms. The van der Waals surface area contributed by atoms with Crippen molar-refractivity contribution in [1.29, 1.82) is 0 Å². The molecule has 1 aliphatic carbocycles. The molecular weight excluding hydrogens is 367 g/mol. The molecule has 144 valence electrons. The van der Waals surface area contributed by atoms with Crippen molar-refractivity contribution in [2.45, 2.75) is 31.2 Å². The molecule has 0 bridgehead atoms. The van der Waals surface area contributed by atoms with Crippen LogP contribution in [0.5, 0.6) is 0 Å². The summed E-state index contributed by atoms with van der Waals surface area (Å²) in [6.45, 7) is 0. The Morgan fingerprint density at radius 2 is 2.00 bits per heavy atom. The maximum absolute atomic E-state index is 12.4. The third-order valence-electron chi connectivity index (χ3n) is 4.62. The van der Waals surface area contributed by atoms with Gasteiger partial charge < -0.3 is 5.32 Å². The Kier molecular flexibility index (Phi) is 4.95. The van der Waals surface area contributed by atoms with Crippen molar-refractivity contribution in [3.63, 3.8) is 0 Å². The number of aromatic nitrogens is 1. The maximum Gasteiger partial charge on any atom is 0.457 e. The average molecular weight is 385 g/mol. The SMILES string of the molecule is FC(F)(F)NC1C=CC(NC2=NC=NC(c3cccc4ncccc34)C2)=CC1. The Morgan fingerprint density at radius 1 is 1.11 bits per heavy atom. The van der Waals surface area contributed by atoms with Gasteiger partial charge in [0.1, 0.15) is 12.2 Å². The molecular formula is C20H18F3N5. The third kappa shape index (κ3) is 4.28. The van der Waals surface area contributed by atoms with E-state index in [1.165, 1.54) is 12.4 Å². The lowest BCUT2D eigenvalue weighted by molar-refractivity contribution is -0.161. The first kappa shape index (κ1) is 18.4. The monoisotopic (exact) mass is 385 g/mol. The molecule has 4 rings (SSSR count). The van der Waals surface area contributed by atoms with Crippen molar-refractivity contribution >= 4 is 23.1 Å². The zero-order valence-electron chi connectivity index (χ0n) is 14.8. The minimum atomic E-state index is -4.39. The van der Waals surface area contributed by atoms with E-state index in [1.54, 1.807) is 23.7 Å². The summed E-state index contributed by atoms with van der Waals surface area (Å²) in [6.07, 6.45) is 4.57. The molecule has 2 aliphatic rings. The van der Waals surface area contributed by atoms with Crippen molar-refractivity contribution in [3.05, 3.63) is 66.0 Å². The molecule has 1 aliphatic heterocycles. The maximum atomic E-state index is 12.4. The van der Waals surface area contributed by atoms with Crippen LogP contribution >= 0.6 is 0 Å². The number of pyridine rings is 1. The van der Waals surface area contributed by atoms with E-state index in [0.717, 1.165) is 28.0 Å². The van der Waals surface area contributed by atoms with Gasteiger partial charge in [0.15, 0.2) is 0 Å². The highest BCUT2D eigenvalue weighted by Gasteiger charge is 2.30. The fourth-order valence-electron chi connectivity index (χ4n) is 3.36. The quantitative estimate of drug-likeness (QED) is 0.785. The average Bonchev–Trinajstić information content (AvgIpc) is 2.68. The van der Waals surface area contributed by atoms with E-state index >= 15 is 0 Å². The molecule has 2 atom stereocenters. The standard InChI is InChI=1S/C20H18F3N5/c21-20(22,23)28-14-8-6-13(7-9-14)27-19-11-18(25-12-26-19)16-3-1-5-17-15(16)4-2-10-24-17/h1-8,10,12,14,18,28H,9,11H2,(H,25,26,27). The molecule has 5 nitrogen and oxygen atoms in total. The number of hydrogen-bond donors (Lipinski definition) is 2. The summed E-state index contributed by atoms with van der Waals surface area (Å²) in [5.41, 5.74) is 2.71. The zero-order chi connectivity index (χ0) is 19.6. The molecule has 8 heteroatoms. The number of nitrogens with one attached hydrogen (secondary N) is 2. The van der Waals surface area contributed by atoms with Gasteiger partial charge in [0.2, 0.25) is 0 Å². The Hall–Kier alpha value is -3.00. The third-order valence-corrected chi connectivity index (χ3v) is 4.62. The molecule has 2 N–H and O–H groups in total. The van der Waals surface area contributed by atoms with Crippen LogP contribution < -0.4 is 10.6 Å². The van der Waals surface area contributed by atoms with Gasteiger partial charge in [-0.1, -0.05) is 30.4 Å². The molecule has 0 saturated carbocycles. The normalized spacial score (nSPS) is 22.1. The number of hydrogen-bond acceptors (Lipinski definition) is 5. The zero-order valence-corrected chi connectivity index (χ0v) is 14.8. The van der Waals surface area contributed by atoms with E-state index in [4.69, 9.17) is 0 Å². The second-order valence-electron chi connectivity index (χ2n) is 6.61. The molecule has 1 aromatic carbocycles. The number of amidine groups is 1. The van der Waals surface area contributed by atoms with Crippen LogP contribution in [-0.2, 0) is 0 Å². The molecule has 0 amide bonds. The molecule has 0 saturated heterocycles. The summed E-state index contributed by atoms with van der Waals surface area (Å²) in [5, 5.41) is 5.86. The number of halogens is 3. The van der Waals surface area contributed by atoms with Crippen LogP contribution in [0.25, 0.3) is 10.9 Å². The highest BCUT2D eigenvalue weighted by Crippen LogP contribution is 2.29. The van der Waals surface area contributed by atoms with Crippen molar-refractivity contribution in [1.82, 2.24) is 15.6 Å². The van der Waals surface area contributed by atoms with Crippen LogP contribution in [0.15, 0.2) is 70.4 Å². The van der Waals surface area contributed by atoms with Crippen molar-refractivity contribution < 1.29 is 13.2 Å². The van der Waals surface area contributed by atoms with Gasteiger partial charge in [-0.05, 0) is 30.2 Å². The molecule has 0 radical (unpaired) electrons. The fourth-order valence-corrected chi connectivity index (χ4v) is 3.36. The van der Waals surface area contributed by atoms with E-state index < -0.39 is 12.3 Å². The smallest absolute Gasteiger partial charge is 0.344 e. The topological polar surface area (TPSA) is 61.7 Å². The number of benzene rings is 1. The fraction of sp³-hybridized carbons (Fsp3) is 0.250. The summed E-state index contributed by atoms with van der Waals surface area (Å²) in [7, 11) is 0. The van der Waals surface area contributed by atoms with Crippen LogP contribution in [0.2, 0.25) is 0 Å². The van der Waals surface area contributed by atoms with Crippen molar-refractivity contribution in [2.75, 3.05) is 0 Å². The lowest BCUT2D eigenvalue weighted by atomic mass is 9.98. The highest BCUT2D eigenvalue weighted by atomic mass is 19.4. The second-order valence-corrected chi connectivity index (χ2v) is 6.61. The first-order valence-electron chi connectivity index (χ1n) is 8.90. The van der Waals surface area contributed by atoms with Gasteiger partial charge >= 0.3 is 6.30 Å². The van der Waals surface area contributed by atoms with Gasteiger partial charge in [0.25, 0.3) is 0 Å². The summed E-state index contributed by atoms with van der Waals surface area (Å²) in [5.74, 6) is 0.721. The van der Waals surface area contributed by atoms with E-state index in [0.29, 0.717) is 6.42 Å². The van der Waals surface area contributed by atoms with E-state index in [-0.39, 0.29) is 12.5 Å². The van der Waals surface area contributed by atoms with Crippen LogP contribution in [0.3, 0.4) is 0 Å². The molecule has 0 spiro atoms. The second kappa shape index (κ2) is 7.55. The minimum Gasteiger partial charge on any atom is -0.344 e. The lowest BCUT2D eigenvalue weighted by Crippen LogP contribution is -2.40. The number of alkyl halides is 3. The molecule has 2 unspecified atom stereocenters. The Labute approximate surface area is 159 Å². The van der Waals surface area contributed by atoms with Crippen LogP contribution in [0.1, 0.15) is 24.4 Å². The lowest BCUT2D eigenvalue weighted by Gasteiger charge is -2.22. The van der Waals surface area contributed by atoms with Gasteiger partial charge in [-0.2, -0.15) is 13.2 Å². The van der Waals surface area contributed by atoms with Gasteiger partial charge in [-0.3, -0.25) is 9.98 Å². The van der Waals surface area contributed by atoms with Crippen molar-refractivity contribution in [3.8, 4) is 0 Å². The van der Waals surface area contributed by atoms with Gasteiger partial charge in [0.05, 0.1) is 11.6 Å². The first-order valence-corrected chi connectivity index (χ1v) is 8.90. The Balaban J connectivity index is 1.43. The van der Waals surface area contributed by atoms with E-state index in [1.807, 2.05) is 30.3 Å². The summed E-state index contributed by atoms with van der Waals surface area (Å²) < 4.78 is 37.2. The Morgan fingerprint density at radius 3 is 2.79 bits per heavy atom. The summed E-state index contributed by atoms with van der Waals surface area (Å²) >= 11 is 0. The highest BCUT2D eigenvalue weighted by molar-refractivity contribution is 5.93. The largest absolute Gasteiger partial charge is 0.457 e. The minimum absolute atomic E-state index is 0.0966. The van der Waals surface area contributed by atoms with Crippen LogP contribution in [0, 0.1) is 0 Å². The number of allylic oxidation sites excluding steroid dienone is 1. The first-order chi connectivity index (χ1) is 13.5. The number of nitrogens with zero attached hydrogens (tertiary/aromatic N) is 3. The van der Waals surface area contributed by atoms with E-state index in [2.05, 4.69) is 20.3 Å². The number of fused-ring (bicyclic) bond motifs is 1. The van der Waals surface area contributed by atoms with Gasteiger partial charge in [-0.25, -0.2) is 10.3 Å². The van der Waals surface area contributed by atoms with E-state index in [9.17, 15) is 13.2 Å². The molecule has 2 heterocycles. The Bertz CT molecular complexity index is 985. The molecule has 1 aromatic heterocycles. The van der Waals surface area contributed by atoms with Crippen LogP contribution in [-0.4, -0.2) is 29.5 Å². The predicted molar refractivity (Wildman–Crippen MR) is 103 cm³/mol. The number of rotatable bonds is 3. The van der Waals surface area contributed by atoms with Crippen molar-refractivity contribution in [2.24, 2.45) is 9.98 Å². The van der Waals surface area contributed by atoms with Gasteiger partial charge in [0, 0.05) is 29.7 Å². The summed E-state index contributed by atoms with van der Waals surface area (Å²) in [4.78, 5) is 13.2.